The molecule has 0 saturated heterocycles. The summed E-state index contributed by atoms with van der Waals surface area (Å²) in [6, 6.07) is 3.69. The SMILES string of the molecule is COc1c(C)cc(Cl)cc1C1(N=C=O)CCC1. The van der Waals surface area contributed by atoms with Gasteiger partial charge >= 0.3 is 0 Å². The van der Waals surface area contributed by atoms with Gasteiger partial charge in [-0.2, -0.15) is 4.99 Å². The third-order valence-electron chi connectivity index (χ3n) is 3.39. The lowest BCUT2D eigenvalue weighted by Crippen LogP contribution is -2.32. The van der Waals surface area contributed by atoms with E-state index in [1.807, 2.05) is 19.1 Å². The predicted molar refractivity (Wildman–Crippen MR) is 66.4 cm³/mol. The van der Waals surface area contributed by atoms with Gasteiger partial charge in [0.15, 0.2) is 0 Å². The van der Waals surface area contributed by atoms with Crippen molar-refractivity contribution in [3.05, 3.63) is 28.3 Å². The van der Waals surface area contributed by atoms with Gasteiger partial charge in [-0.3, -0.25) is 0 Å². The highest BCUT2D eigenvalue weighted by molar-refractivity contribution is 6.30. The molecule has 2 rings (SSSR count). The van der Waals surface area contributed by atoms with E-state index in [0.29, 0.717) is 5.02 Å². The summed E-state index contributed by atoms with van der Waals surface area (Å²) in [5, 5.41) is 0.644. The highest BCUT2D eigenvalue weighted by atomic mass is 35.5. The number of hydrogen-bond acceptors (Lipinski definition) is 3. The molecular weight excluding hydrogens is 238 g/mol. The van der Waals surface area contributed by atoms with Crippen molar-refractivity contribution in [2.45, 2.75) is 31.7 Å². The van der Waals surface area contributed by atoms with Crippen LogP contribution >= 0.6 is 11.6 Å². The maximum atomic E-state index is 10.6. The minimum absolute atomic E-state index is 0.469. The molecule has 1 fully saturated rings. The van der Waals surface area contributed by atoms with Crippen molar-refractivity contribution in [3.63, 3.8) is 0 Å². The normalized spacial score (nSPS) is 16.9. The van der Waals surface area contributed by atoms with Gasteiger partial charge in [-0.05, 0) is 43.9 Å². The molecule has 1 saturated carbocycles. The Hall–Kier alpha value is -1.31. The van der Waals surface area contributed by atoms with E-state index in [4.69, 9.17) is 16.3 Å². The molecule has 1 aliphatic carbocycles. The first-order valence-corrected chi connectivity index (χ1v) is 5.94. The van der Waals surface area contributed by atoms with Gasteiger partial charge in [-0.15, -0.1) is 0 Å². The summed E-state index contributed by atoms with van der Waals surface area (Å²) in [5.74, 6) is 0.771. The number of aliphatic imine (C=N–C) groups is 1. The van der Waals surface area contributed by atoms with Crippen molar-refractivity contribution >= 4 is 17.7 Å². The summed E-state index contributed by atoms with van der Waals surface area (Å²) in [6.07, 6.45) is 4.42. The molecule has 0 aliphatic heterocycles. The monoisotopic (exact) mass is 251 g/mol. The minimum atomic E-state index is -0.469. The predicted octanol–water partition coefficient (Wildman–Crippen LogP) is 3.37. The van der Waals surface area contributed by atoms with Gasteiger partial charge in [0.05, 0.1) is 7.11 Å². The van der Waals surface area contributed by atoms with Gasteiger partial charge in [-0.1, -0.05) is 11.6 Å². The first-order valence-electron chi connectivity index (χ1n) is 5.56. The lowest BCUT2D eigenvalue weighted by molar-refractivity contribution is 0.245. The van der Waals surface area contributed by atoms with Crippen LogP contribution in [0.5, 0.6) is 5.75 Å². The molecule has 0 unspecified atom stereocenters. The summed E-state index contributed by atoms with van der Waals surface area (Å²) >= 11 is 6.07. The average Bonchev–Trinajstić information content (AvgIpc) is 2.22. The molecule has 4 heteroatoms. The quantitative estimate of drug-likeness (QED) is 0.610. The topological polar surface area (TPSA) is 38.7 Å². The number of rotatable bonds is 3. The van der Waals surface area contributed by atoms with Crippen LogP contribution in [-0.2, 0) is 10.3 Å². The third kappa shape index (κ3) is 1.97. The van der Waals surface area contributed by atoms with Crippen LogP contribution in [0.2, 0.25) is 5.02 Å². The van der Waals surface area contributed by atoms with Gasteiger partial charge in [0.2, 0.25) is 6.08 Å². The standard InChI is InChI=1S/C13H14ClNO2/c1-9-6-10(14)7-11(12(9)17-2)13(15-8-16)4-3-5-13/h6-7H,3-5H2,1-2H3. The van der Waals surface area contributed by atoms with Crippen molar-refractivity contribution < 1.29 is 9.53 Å². The summed E-state index contributed by atoms with van der Waals surface area (Å²) in [5.41, 5.74) is 1.39. The van der Waals surface area contributed by atoms with Crippen molar-refractivity contribution in [2.24, 2.45) is 4.99 Å². The number of benzene rings is 1. The molecule has 3 nitrogen and oxygen atoms in total. The molecule has 90 valence electrons. The number of halogens is 1. The van der Waals surface area contributed by atoms with Crippen LogP contribution in [0, 0.1) is 6.92 Å². The van der Waals surface area contributed by atoms with Crippen molar-refractivity contribution in [2.75, 3.05) is 7.11 Å². The largest absolute Gasteiger partial charge is 0.496 e. The van der Waals surface area contributed by atoms with Crippen molar-refractivity contribution in [1.82, 2.24) is 0 Å². The Morgan fingerprint density at radius 1 is 1.47 bits per heavy atom. The fourth-order valence-electron chi connectivity index (χ4n) is 2.39. The Morgan fingerprint density at radius 3 is 2.65 bits per heavy atom. The number of methoxy groups -OCH3 is 1. The van der Waals surface area contributed by atoms with Crippen LogP contribution in [0.1, 0.15) is 30.4 Å². The Balaban J connectivity index is 2.60. The van der Waals surface area contributed by atoms with Crippen LogP contribution in [0.3, 0.4) is 0 Å². The molecular formula is C13H14ClNO2. The molecule has 0 amide bonds. The van der Waals surface area contributed by atoms with Crippen molar-refractivity contribution in [3.8, 4) is 5.75 Å². The van der Waals surface area contributed by atoms with Crippen LogP contribution in [0.15, 0.2) is 17.1 Å². The molecule has 0 aromatic heterocycles. The van der Waals surface area contributed by atoms with E-state index < -0.39 is 5.54 Å². The third-order valence-corrected chi connectivity index (χ3v) is 3.60. The number of nitrogens with zero attached hydrogens (tertiary/aromatic N) is 1. The number of isocyanates is 1. The summed E-state index contributed by atoms with van der Waals surface area (Å²) in [6.45, 7) is 1.94. The fourth-order valence-corrected chi connectivity index (χ4v) is 2.66. The van der Waals surface area contributed by atoms with E-state index in [1.165, 1.54) is 0 Å². The zero-order chi connectivity index (χ0) is 12.5. The van der Waals surface area contributed by atoms with E-state index in [9.17, 15) is 4.79 Å². The highest BCUT2D eigenvalue weighted by Gasteiger charge is 2.41. The first-order chi connectivity index (χ1) is 8.13. The van der Waals surface area contributed by atoms with Crippen molar-refractivity contribution in [1.29, 1.82) is 0 Å². The second kappa shape index (κ2) is 4.52. The van der Waals surface area contributed by atoms with Gasteiger partial charge < -0.3 is 4.74 Å². The summed E-state index contributed by atoms with van der Waals surface area (Å²) in [7, 11) is 1.62. The number of ether oxygens (including phenoxy) is 1. The van der Waals surface area contributed by atoms with E-state index >= 15 is 0 Å². The second-order valence-electron chi connectivity index (χ2n) is 4.39. The molecule has 1 aromatic rings. The summed E-state index contributed by atoms with van der Waals surface area (Å²) < 4.78 is 5.41. The van der Waals surface area contributed by atoms with Gasteiger partial charge in [0.1, 0.15) is 11.3 Å². The maximum Gasteiger partial charge on any atom is 0.235 e. The zero-order valence-electron chi connectivity index (χ0n) is 9.92. The molecule has 0 heterocycles. The Kier molecular flexibility index (Phi) is 3.23. The van der Waals surface area contributed by atoms with Crippen LogP contribution in [-0.4, -0.2) is 13.2 Å². The van der Waals surface area contributed by atoms with Crippen LogP contribution in [0.4, 0.5) is 0 Å². The lowest BCUT2D eigenvalue weighted by Gasteiger charge is -2.38. The molecule has 0 bridgehead atoms. The molecule has 0 spiro atoms. The van der Waals surface area contributed by atoms with E-state index in [2.05, 4.69) is 4.99 Å². The van der Waals surface area contributed by atoms with Crippen LogP contribution in [0.25, 0.3) is 0 Å². The average molecular weight is 252 g/mol. The zero-order valence-corrected chi connectivity index (χ0v) is 10.7. The van der Waals surface area contributed by atoms with E-state index in [0.717, 1.165) is 36.1 Å². The van der Waals surface area contributed by atoms with E-state index in [1.54, 1.807) is 13.2 Å². The first kappa shape index (κ1) is 12.2. The smallest absolute Gasteiger partial charge is 0.235 e. The molecule has 1 aliphatic rings. The van der Waals surface area contributed by atoms with Crippen LogP contribution < -0.4 is 4.74 Å². The van der Waals surface area contributed by atoms with E-state index in [-0.39, 0.29) is 0 Å². The number of carbonyl (C=O) groups excluding carboxylic acids is 1. The molecule has 17 heavy (non-hydrogen) atoms. The Labute approximate surface area is 105 Å². The molecule has 0 atom stereocenters. The molecule has 0 N–H and O–H groups in total. The van der Waals surface area contributed by atoms with Gasteiger partial charge in [0, 0.05) is 10.6 Å². The Bertz CT molecular complexity index is 488. The van der Waals surface area contributed by atoms with Gasteiger partial charge in [0.25, 0.3) is 0 Å². The Morgan fingerprint density at radius 2 is 2.18 bits per heavy atom. The fraction of sp³-hybridized carbons (Fsp3) is 0.462. The minimum Gasteiger partial charge on any atom is -0.496 e. The second-order valence-corrected chi connectivity index (χ2v) is 4.83. The summed E-state index contributed by atoms with van der Waals surface area (Å²) in [4.78, 5) is 14.6. The maximum absolute atomic E-state index is 10.6. The molecule has 0 radical (unpaired) electrons. The lowest BCUT2D eigenvalue weighted by atomic mass is 9.71. The molecule has 1 aromatic carbocycles. The number of aryl methyl sites for hydroxylation is 1. The van der Waals surface area contributed by atoms with Gasteiger partial charge in [-0.25, -0.2) is 4.79 Å². The number of hydrogen-bond donors (Lipinski definition) is 0. The highest BCUT2D eigenvalue weighted by Crippen LogP contribution is 2.49.